The Kier molecular flexibility index (Phi) is 6.84. The Morgan fingerprint density at radius 2 is 1.34 bits per heavy atom. The molecule has 2 amide bonds. The maximum atomic E-state index is 13.8. The largest absolute Gasteiger partial charge is 0.456 e. The number of hydrogen-bond donors (Lipinski definition) is 0. The molecule has 0 spiro atoms. The number of hydrogen-bond acceptors (Lipinski definition) is 10. The van der Waals surface area contributed by atoms with Gasteiger partial charge in [-0.15, -0.1) is 5.06 Å². The highest BCUT2D eigenvalue weighted by Gasteiger charge is 2.54. The Labute approximate surface area is 181 Å². The summed E-state index contributed by atoms with van der Waals surface area (Å²) < 4.78 is 34.6. The van der Waals surface area contributed by atoms with Crippen LogP contribution in [0.25, 0.3) is 0 Å². The summed E-state index contributed by atoms with van der Waals surface area (Å²) >= 11 is 0. The van der Waals surface area contributed by atoms with E-state index < -0.39 is 67.1 Å². The van der Waals surface area contributed by atoms with Gasteiger partial charge in [-0.05, 0) is 12.1 Å². The van der Waals surface area contributed by atoms with E-state index in [2.05, 4.69) is 0 Å². The number of carbonyl (C=O) groups excluding carboxylic acids is 5. The molecule has 2 heterocycles. The summed E-state index contributed by atoms with van der Waals surface area (Å²) in [5, 5.41) is 0.387. The molecule has 0 bridgehead atoms. The van der Waals surface area contributed by atoms with Gasteiger partial charge in [-0.25, -0.2) is 9.23 Å². The van der Waals surface area contributed by atoms with Crippen molar-refractivity contribution in [3.8, 4) is 0 Å². The third-order valence-corrected chi connectivity index (χ3v) is 4.62. The fraction of sp³-hybridized carbons (Fsp3) is 0.450. The van der Waals surface area contributed by atoms with E-state index in [-0.39, 0.29) is 11.1 Å². The smallest absolute Gasteiger partial charge is 0.303 e. The third-order valence-electron chi connectivity index (χ3n) is 4.62. The van der Waals surface area contributed by atoms with E-state index in [1.165, 1.54) is 12.1 Å². The van der Waals surface area contributed by atoms with Crippen molar-refractivity contribution in [3.05, 3.63) is 35.4 Å². The van der Waals surface area contributed by atoms with Gasteiger partial charge in [-0.2, -0.15) is 0 Å². The highest BCUT2D eigenvalue weighted by Crippen LogP contribution is 2.32. The van der Waals surface area contributed by atoms with Crippen molar-refractivity contribution in [2.75, 3.05) is 6.67 Å². The number of imide groups is 1. The molecule has 0 aromatic heterocycles. The van der Waals surface area contributed by atoms with Crippen LogP contribution in [-0.2, 0) is 38.2 Å². The Morgan fingerprint density at radius 3 is 1.81 bits per heavy atom. The highest BCUT2D eigenvalue weighted by atomic mass is 19.1. The first-order valence-corrected chi connectivity index (χ1v) is 9.51. The number of carbonyl (C=O) groups is 5. The minimum absolute atomic E-state index is 0.0636. The van der Waals surface area contributed by atoms with Crippen molar-refractivity contribution in [3.63, 3.8) is 0 Å². The van der Waals surface area contributed by atoms with Crippen LogP contribution in [0.5, 0.6) is 0 Å². The summed E-state index contributed by atoms with van der Waals surface area (Å²) in [7, 11) is 0. The molecule has 12 heteroatoms. The van der Waals surface area contributed by atoms with Crippen LogP contribution in [-0.4, -0.2) is 72.2 Å². The van der Waals surface area contributed by atoms with Crippen molar-refractivity contribution in [2.45, 2.75) is 51.5 Å². The molecule has 0 N–H and O–H groups in total. The average Bonchev–Trinajstić information content (AvgIpc) is 2.96. The number of fused-ring (bicyclic) bond motifs is 1. The predicted molar refractivity (Wildman–Crippen MR) is 99.3 cm³/mol. The molecule has 2 aliphatic heterocycles. The Balaban J connectivity index is 1.95. The zero-order valence-electron chi connectivity index (χ0n) is 17.3. The number of hydroxylamine groups is 2. The summed E-state index contributed by atoms with van der Waals surface area (Å²) in [6.07, 6.45) is -7.91. The zero-order valence-corrected chi connectivity index (χ0v) is 17.3. The van der Waals surface area contributed by atoms with Gasteiger partial charge in [0, 0.05) is 20.8 Å². The molecule has 1 aromatic rings. The summed E-state index contributed by atoms with van der Waals surface area (Å²) in [5.41, 5.74) is 0.127. The summed E-state index contributed by atoms with van der Waals surface area (Å²) in [6.45, 7) is 1.90. The molecule has 5 atom stereocenters. The SMILES string of the molecule is CC(=O)O[C@H]1[C@@H](OC(C)=O)[C@@H](CF)O[C@@H](ON2C(=O)c3ccccc3C2=O)[C@@H]1OC(C)=O. The molecule has 1 aromatic carbocycles. The number of benzene rings is 1. The molecule has 1 fully saturated rings. The number of halogens is 1. The second kappa shape index (κ2) is 9.40. The lowest BCUT2D eigenvalue weighted by Gasteiger charge is -2.43. The molecular formula is C20H20FNO10. The highest BCUT2D eigenvalue weighted by molar-refractivity contribution is 6.20. The number of ether oxygens (including phenoxy) is 4. The van der Waals surface area contributed by atoms with Gasteiger partial charge in [-0.3, -0.25) is 24.0 Å². The minimum atomic E-state index is -1.75. The van der Waals surface area contributed by atoms with Crippen LogP contribution in [0.4, 0.5) is 4.39 Å². The van der Waals surface area contributed by atoms with Crippen molar-refractivity contribution in [2.24, 2.45) is 0 Å². The summed E-state index contributed by atoms with van der Waals surface area (Å²) in [4.78, 5) is 65.6. The molecule has 0 saturated carbocycles. The minimum Gasteiger partial charge on any atom is -0.456 e. The Morgan fingerprint density at radius 1 is 0.875 bits per heavy atom. The fourth-order valence-electron chi connectivity index (χ4n) is 3.43. The standard InChI is InChI=1S/C20H20FNO10/c1-9(23)28-15-14(8-21)31-20(17(30-11(3)25)16(15)29-10(2)24)32-22-18(26)12-6-4-5-7-13(12)19(22)27/h4-7,14-17,20H,8H2,1-3H3/t14-,15+,16+,17-,20+/m1/s1. The van der Waals surface area contributed by atoms with Gasteiger partial charge in [0.15, 0.2) is 18.3 Å². The maximum Gasteiger partial charge on any atom is 0.303 e. The van der Waals surface area contributed by atoms with Crippen LogP contribution >= 0.6 is 0 Å². The fourth-order valence-corrected chi connectivity index (χ4v) is 3.43. The second-order valence-corrected chi connectivity index (χ2v) is 6.98. The van der Waals surface area contributed by atoms with Crippen molar-refractivity contribution < 1.29 is 52.1 Å². The van der Waals surface area contributed by atoms with Gasteiger partial charge in [0.05, 0.1) is 11.1 Å². The molecule has 32 heavy (non-hydrogen) atoms. The van der Waals surface area contributed by atoms with Gasteiger partial charge in [0.2, 0.25) is 6.29 Å². The normalized spacial score (nSPS) is 27.0. The number of amides is 2. The number of nitrogens with zero attached hydrogens (tertiary/aromatic N) is 1. The molecule has 3 rings (SSSR count). The monoisotopic (exact) mass is 453 g/mol. The first kappa shape index (κ1) is 23.3. The van der Waals surface area contributed by atoms with E-state index in [0.717, 1.165) is 20.8 Å². The van der Waals surface area contributed by atoms with Gasteiger partial charge in [0.25, 0.3) is 11.8 Å². The summed E-state index contributed by atoms with van der Waals surface area (Å²) in [5.74, 6) is -4.21. The molecule has 0 aliphatic carbocycles. The van der Waals surface area contributed by atoms with E-state index in [9.17, 15) is 28.4 Å². The van der Waals surface area contributed by atoms with Gasteiger partial charge < -0.3 is 18.9 Å². The lowest BCUT2D eigenvalue weighted by molar-refractivity contribution is -0.339. The number of alkyl halides is 1. The molecule has 172 valence electrons. The molecule has 2 aliphatic rings. The van der Waals surface area contributed by atoms with Crippen LogP contribution < -0.4 is 0 Å². The van der Waals surface area contributed by atoms with Gasteiger partial charge in [0.1, 0.15) is 12.8 Å². The second-order valence-electron chi connectivity index (χ2n) is 6.98. The third kappa shape index (κ3) is 4.60. The summed E-state index contributed by atoms with van der Waals surface area (Å²) in [6, 6.07) is 5.91. The molecule has 0 radical (unpaired) electrons. The van der Waals surface area contributed by atoms with Gasteiger partial charge >= 0.3 is 17.9 Å². The predicted octanol–water partition coefficient (Wildman–Crippen LogP) is 0.704. The van der Waals surface area contributed by atoms with Gasteiger partial charge in [-0.1, -0.05) is 12.1 Å². The lowest BCUT2D eigenvalue weighted by Crippen LogP contribution is -2.63. The molecular weight excluding hydrogens is 433 g/mol. The van der Waals surface area contributed by atoms with Crippen molar-refractivity contribution >= 4 is 29.7 Å². The maximum absolute atomic E-state index is 13.8. The van der Waals surface area contributed by atoms with Crippen LogP contribution in [0.1, 0.15) is 41.5 Å². The van der Waals surface area contributed by atoms with Crippen LogP contribution in [0, 0.1) is 0 Å². The molecule has 11 nitrogen and oxygen atoms in total. The average molecular weight is 453 g/mol. The number of rotatable bonds is 6. The van der Waals surface area contributed by atoms with Crippen molar-refractivity contribution in [1.29, 1.82) is 0 Å². The lowest BCUT2D eigenvalue weighted by atomic mass is 9.98. The van der Waals surface area contributed by atoms with Crippen molar-refractivity contribution in [1.82, 2.24) is 5.06 Å². The Hall–Kier alpha value is -3.38. The quantitative estimate of drug-likeness (QED) is 0.344. The van der Waals surface area contributed by atoms with Crippen LogP contribution in [0.15, 0.2) is 24.3 Å². The van der Waals surface area contributed by atoms with Crippen LogP contribution in [0.2, 0.25) is 0 Å². The van der Waals surface area contributed by atoms with E-state index in [4.69, 9.17) is 23.8 Å². The topological polar surface area (TPSA) is 135 Å². The number of esters is 3. The van der Waals surface area contributed by atoms with E-state index in [1.54, 1.807) is 12.1 Å². The Bertz CT molecular complexity index is 915. The molecule has 0 unspecified atom stereocenters. The van der Waals surface area contributed by atoms with E-state index in [1.807, 2.05) is 0 Å². The first-order valence-electron chi connectivity index (χ1n) is 9.51. The molecule has 1 saturated heterocycles. The van der Waals surface area contributed by atoms with E-state index in [0.29, 0.717) is 5.06 Å². The first-order chi connectivity index (χ1) is 15.1. The zero-order chi connectivity index (χ0) is 23.6. The van der Waals surface area contributed by atoms with Crippen LogP contribution in [0.3, 0.4) is 0 Å². The van der Waals surface area contributed by atoms with E-state index >= 15 is 0 Å².